The monoisotopic (exact) mass is 506 g/mol. The van der Waals surface area contributed by atoms with E-state index in [-0.39, 0.29) is 11.8 Å². The van der Waals surface area contributed by atoms with Gasteiger partial charge in [-0.3, -0.25) is 9.59 Å². The highest BCUT2D eigenvalue weighted by Gasteiger charge is 2.13. The lowest BCUT2D eigenvalue weighted by atomic mass is 10.1. The van der Waals surface area contributed by atoms with Crippen LogP contribution in [0.2, 0.25) is 0 Å². The second-order valence-corrected chi connectivity index (χ2v) is 10.4. The number of nitrogens with zero attached hydrogens (tertiary/aromatic N) is 1. The molecule has 0 aromatic heterocycles. The topological polar surface area (TPSA) is 49.4 Å². The Morgan fingerprint density at radius 2 is 0.917 bits per heavy atom. The summed E-state index contributed by atoms with van der Waals surface area (Å²) < 4.78 is 0. The maximum Gasteiger partial charge on any atom is 0.248 e. The summed E-state index contributed by atoms with van der Waals surface area (Å²) >= 11 is 0. The largest absolute Gasteiger partial charge is 0.352 e. The number of rotatable bonds is 23. The van der Waals surface area contributed by atoms with E-state index in [4.69, 9.17) is 0 Å². The second kappa shape index (κ2) is 28.0. The van der Waals surface area contributed by atoms with Crippen molar-refractivity contribution in [3.63, 3.8) is 0 Å². The first-order valence-electron chi connectivity index (χ1n) is 15.2. The van der Waals surface area contributed by atoms with Gasteiger partial charge in [-0.05, 0) is 33.1 Å². The van der Waals surface area contributed by atoms with Crippen LogP contribution in [0.5, 0.6) is 0 Å². The molecule has 0 aliphatic carbocycles. The highest BCUT2D eigenvalue weighted by atomic mass is 16.2. The van der Waals surface area contributed by atoms with Crippen molar-refractivity contribution in [3.8, 4) is 0 Å². The Morgan fingerprint density at radius 3 is 1.28 bits per heavy atom. The number of hydrogen-bond acceptors (Lipinski definition) is 2. The molecule has 0 heterocycles. The van der Waals surface area contributed by atoms with Crippen molar-refractivity contribution in [2.75, 3.05) is 19.6 Å². The Balaban J connectivity index is 0. The molecule has 0 fully saturated rings. The van der Waals surface area contributed by atoms with Crippen LogP contribution >= 0.6 is 0 Å². The Labute approximate surface area is 225 Å². The normalized spacial score (nSPS) is 10.4. The van der Waals surface area contributed by atoms with Crippen molar-refractivity contribution in [2.45, 2.75) is 150 Å². The molecular weight excluding hydrogens is 444 g/mol. The van der Waals surface area contributed by atoms with Gasteiger partial charge in [0, 0.05) is 30.8 Å². The molecule has 0 aromatic rings. The Morgan fingerprint density at radius 1 is 0.556 bits per heavy atom. The van der Waals surface area contributed by atoms with Gasteiger partial charge in [0.15, 0.2) is 0 Å². The molecule has 0 spiro atoms. The molecular formula is C32H62N2O2. The first kappa shape index (κ1) is 36.6. The third-order valence-corrected chi connectivity index (χ3v) is 6.42. The smallest absolute Gasteiger partial charge is 0.248 e. The lowest BCUT2D eigenvalue weighted by molar-refractivity contribution is -0.127. The summed E-state index contributed by atoms with van der Waals surface area (Å²) in [6, 6.07) is 0. The van der Waals surface area contributed by atoms with Gasteiger partial charge in [0.25, 0.3) is 0 Å². The number of carbonyl (C=O) groups excluding carboxylic acids is 2. The lowest BCUT2D eigenvalue weighted by Gasteiger charge is -2.23. The fraction of sp³-hybridized carbons (Fsp3) is 0.812. The van der Waals surface area contributed by atoms with Crippen molar-refractivity contribution in [3.05, 3.63) is 24.3 Å². The van der Waals surface area contributed by atoms with E-state index >= 15 is 0 Å². The number of nitrogens with one attached hydrogen (secondary N) is 1. The highest BCUT2D eigenvalue weighted by Crippen LogP contribution is 2.11. The van der Waals surface area contributed by atoms with Gasteiger partial charge in [-0.1, -0.05) is 130 Å². The first-order valence-corrected chi connectivity index (χ1v) is 15.2. The third-order valence-electron chi connectivity index (χ3n) is 6.42. The average Bonchev–Trinajstić information content (AvgIpc) is 2.86. The summed E-state index contributed by atoms with van der Waals surface area (Å²) in [5, 5.41) is 2.83. The maximum absolute atomic E-state index is 12.2. The van der Waals surface area contributed by atoms with Crippen LogP contribution in [0.25, 0.3) is 0 Å². The fourth-order valence-corrected chi connectivity index (χ4v) is 4.01. The van der Waals surface area contributed by atoms with E-state index in [2.05, 4.69) is 39.2 Å². The van der Waals surface area contributed by atoms with Crippen LogP contribution in [0.4, 0.5) is 0 Å². The van der Waals surface area contributed by atoms with E-state index in [9.17, 15) is 9.59 Å². The van der Waals surface area contributed by atoms with Gasteiger partial charge >= 0.3 is 0 Å². The Hall–Kier alpha value is -1.58. The van der Waals surface area contributed by atoms with Crippen LogP contribution in [-0.2, 0) is 9.59 Å². The van der Waals surface area contributed by atoms with Gasteiger partial charge in [-0.15, -0.1) is 0 Å². The summed E-state index contributed by atoms with van der Waals surface area (Å²) in [6.07, 6.45) is 22.8. The molecule has 0 rings (SSSR count). The predicted octanol–water partition coefficient (Wildman–Crippen LogP) is 9.15. The minimum Gasteiger partial charge on any atom is -0.352 e. The van der Waals surface area contributed by atoms with E-state index in [0.29, 0.717) is 11.1 Å². The summed E-state index contributed by atoms with van der Waals surface area (Å²) in [7, 11) is 0. The van der Waals surface area contributed by atoms with Crippen molar-refractivity contribution in [1.82, 2.24) is 10.2 Å². The van der Waals surface area contributed by atoms with Gasteiger partial charge in [0.05, 0.1) is 0 Å². The molecule has 0 saturated carbocycles. The van der Waals surface area contributed by atoms with Crippen molar-refractivity contribution < 1.29 is 9.59 Å². The summed E-state index contributed by atoms with van der Waals surface area (Å²) in [5.41, 5.74) is 1.27. The van der Waals surface area contributed by atoms with Gasteiger partial charge in [0.1, 0.15) is 0 Å². The summed E-state index contributed by atoms with van der Waals surface area (Å²) in [5.74, 6) is 0.140. The van der Waals surface area contributed by atoms with Gasteiger partial charge in [0.2, 0.25) is 11.8 Å². The molecule has 0 aliphatic heterocycles. The van der Waals surface area contributed by atoms with E-state index in [1.165, 1.54) is 96.3 Å². The quantitative estimate of drug-likeness (QED) is 0.111. The number of unbranched alkanes of at least 4 members (excludes halogenated alkanes) is 15. The average molecular weight is 507 g/mol. The zero-order valence-electron chi connectivity index (χ0n) is 25.0. The molecule has 0 atom stereocenters. The molecule has 0 bridgehead atoms. The molecule has 212 valence electrons. The molecule has 0 unspecified atom stereocenters. The van der Waals surface area contributed by atoms with Crippen LogP contribution in [0.3, 0.4) is 0 Å². The third kappa shape index (κ3) is 25.5. The van der Waals surface area contributed by atoms with E-state index in [1.54, 1.807) is 6.92 Å². The van der Waals surface area contributed by atoms with Crippen LogP contribution in [0.15, 0.2) is 24.3 Å². The zero-order valence-corrected chi connectivity index (χ0v) is 25.0. The highest BCUT2D eigenvalue weighted by molar-refractivity contribution is 5.92. The molecule has 0 radical (unpaired) electrons. The molecule has 2 amide bonds. The summed E-state index contributed by atoms with van der Waals surface area (Å²) in [4.78, 5) is 25.3. The van der Waals surface area contributed by atoms with E-state index in [1.807, 2.05) is 11.8 Å². The molecule has 0 aliphatic rings. The van der Waals surface area contributed by atoms with Gasteiger partial charge in [-0.2, -0.15) is 0 Å². The maximum atomic E-state index is 12.2. The number of hydrogen-bond donors (Lipinski definition) is 1. The molecule has 4 heteroatoms. The Kier molecular flexibility index (Phi) is 28.4. The SMILES string of the molecule is C=C(C)C(=O)N(CCCCCCCC)CCCCCCCC.C=C(C)C(=O)NCCCCCCCC. The Bertz CT molecular complexity index is 540. The van der Waals surface area contributed by atoms with Crippen LogP contribution in [0, 0.1) is 0 Å². The minimum absolute atomic E-state index is 0.0152. The van der Waals surface area contributed by atoms with Crippen LogP contribution in [-0.4, -0.2) is 36.3 Å². The van der Waals surface area contributed by atoms with Crippen molar-refractivity contribution in [1.29, 1.82) is 0 Å². The minimum atomic E-state index is -0.0152. The van der Waals surface area contributed by atoms with Gasteiger partial charge < -0.3 is 10.2 Å². The van der Waals surface area contributed by atoms with E-state index < -0.39 is 0 Å². The molecule has 36 heavy (non-hydrogen) atoms. The fourth-order valence-electron chi connectivity index (χ4n) is 4.01. The number of carbonyl (C=O) groups is 2. The molecule has 4 nitrogen and oxygen atoms in total. The standard InChI is InChI=1S/C20H39NO.C12H23NO/c1-5-7-9-11-13-15-17-21(20(22)19(3)4)18-16-14-12-10-8-6-2;1-4-5-6-7-8-9-10-13-12(14)11(2)3/h3,5-18H2,1-2,4H3;2,4-10H2,1,3H3,(H,13,14). The van der Waals surface area contributed by atoms with Crippen molar-refractivity contribution >= 4 is 11.8 Å². The molecule has 0 saturated heterocycles. The zero-order chi connectivity index (χ0) is 27.4. The molecule has 1 N–H and O–H groups in total. The van der Waals surface area contributed by atoms with Crippen LogP contribution < -0.4 is 5.32 Å². The van der Waals surface area contributed by atoms with Crippen molar-refractivity contribution in [2.24, 2.45) is 0 Å². The molecule has 0 aromatic carbocycles. The lowest BCUT2D eigenvalue weighted by Crippen LogP contribution is -2.33. The number of amides is 2. The predicted molar refractivity (Wildman–Crippen MR) is 159 cm³/mol. The summed E-state index contributed by atoms with van der Waals surface area (Å²) in [6.45, 7) is 20.3. The second-order valence-electron chi connectivity index (χ2n) is 10.4. The van der Waals surface area contributed by atoms with Crippen LogP contribution in [0.1, 0.15) is 150 Å². The first-order chi connectivity index (χ1) is 17.3. The van der Waals surface area contributed by atoms with E-state index in [0.717, 1.165) is 38.9 Å². The van der Waals surface area contributed by atoms with Gasteiger partial charge in [-0.25, -0.2) is 0 Å².